The lowest BCUT2D eigenvalue weighted by molar-refractivity contribution is 0.297. The van der Waals surface area contributed by atoms with E-state index in [2.05, 4.69) is 4.18 Å². The van der Waals surface area contributed by atoms with E-state index < -0.39 is 11.4 Å². The fourth-order valence-electron chi connectivity index (χ4n) is 0.890. The highest BCUT2D eigenvalue weighted by Crippen LogP contribution is 2.05. The van der Waals surface area contributed by atoms with Gasteiger partial charge in [0, 0.05) is 6.54 Å². The molecule has 0 aliphatic heterocycles. The fraction of sp³-hybridized carbons (Fsp3) is 0.250. The molecule has 0 aromatic heterocycles. The molecule has 1 aromatic carbocycles. The van der Waals surface area contributed by atoms with Crippen LogP contribution in [0.25, 0.3) is 0 Å². The van der Waals surface area contributed by atoms with Crippen molar-refractivity contribution in [1.82, 2.24) is 0 Å². The summed E-state index contributed by atoms with van der Waals surface area (Å²) in [6, 6.07) is 7.35. The molecule has 1 unspecified atom stereocenters. The van der Waals surface area contributed by atoms with Crippen LogP contribution in [0.2, 0.25) is 0 Å². The first-order valence-electron chi connectivity index (χ1n) is 3.74. The third kappa shape index (κ3) is 3.65. The molecule has 1 rings (SSSR count). The maximum atomic E-state index is 10.2. The molecule has 13 heavy (non-hydrogen) atoms. The average Bonchev–Trinajstić information content (AvgIpc) is 2.15. The Labute approximate surface area is 79.2 Å². The minimum absolute atomic E-state index is 0.133. The van der Waals surface area contributed by atoms with Gasteiger partial charge in [-0.3, -0.25) is 8.74 Å². The first kappa shape index (κ1) is 10.3. The summed E-state index contributed by atoms with van der Waals surface area (Å²) in [6.45, 7) is 0.626. The number of hydrogen-bond donors (Lipinski definition) is 2. The largest absolute Gasteiger partial charge is 0.326 e. The molecule has 0 aliphatic carbocycles. The monoisotopic (exact) mass is 201 g/mol. The fourth-order valence-corrected chi connectivity index (χ4v) is 1.13. The Bertz CT molecular complexity index is 286. The predicted molar refractivity (Wildman–Crippen MR) is 49.9 cm³/mol. The quantitative estimate of drug-likeness (QED) is 0.707. The van der Waals surface area contributed by atoms with Crippen LogP contribution in [0.15, 0.2) is 24.3 Å². The lowest BCUT2D eigenvalue weighted by Crippen LogP contribution is -1.98. The predicted octanol–water partition coefficient (Wildman–Crippen LogP) is 0.799. The smallest absolute Gasteiger partial charge is 0.302 e. The zero-order chi connectivity index (χ0) is 9.68. The normalized spacial score (nSPS) is 12.8. The highest BCUT2D eigenvalue weighted by atomic mass is 32.2. The lowest BCUT2D eigenvalue weighted by atomic mass is 10.1. The van der Waals surface area contributed by atoms with E-state index in [1.807, 2.05) is 24.3 Å². The second kappa shape index (κ2) is 5.08. The molecule has 0 heterocycles. The van der Waals surface area contributed by atoms with E-state index in [0.717, 1.165) is 11.1 Å². The highest BCUT2D eigenvalue weighted by Gasteiger charge is 1.96. The van der Waals surface area contributed by atoms with Crippen molar-refractivity contribution in [3.63, 3.8) is 0 Å². The average molecular weight is 201 g/mol. The van der Waals surface area contributed by atoms with Gasteiger partial charge in [-0.15, -0.1) is 0 Å². The molecule has 5 heteroatoms. The van der Waals surface area contributed by atoms with Crippen molar-refractivity contribution < 1.29 is 12.9 Å². The summed E-state index contributed by atoms with van der Waals surface area (Å²) >= 11 is -2.20. The second-order valence-electron chi connectivity index (χ2n) is 2.50. The maximum absolute atomic E-state index is 10.2. The number of hydrogen-bond acceptors (Lipinski definition) is 3. The van der Waals surface area contributed by atoms with Crippen LogP contribution in [0.3, 0.4) is 0 Å². The summed E-state index contributed by atoms with van der Waals surface area (Å²) in [6.07, 6.45) is 0. The van der Waals surface area contributed by atoms with Crippen LogP contribution in [0, 0.1) is 0 Å². The Morgan fingerprint density at radius 3 is 2.31 bits per heavy atom. The number of nitrogens with two attached hydrogens (primary N) is 1. The van der Waals surface area contributed by atoms with Crippen LogP contribution in [-0.2, 0) is 28.7 Å². The lowest BCUT2D eigenvalue weighted by Gasteiger charge is -2.00. The van der Waals surface area contributed by atoms with E-state index in [1.165, 1.54) is 0 Å². The molecular formula is C8H11NO3S. The van der Waals surface area contributed by atoms with Gasteiger partial charge in [0.1, 0.15) is 0 Å². The molecule has 0 fully saturated rings. The van der Waals surface area contributed by atoms with Gasteiger partial charge in [0.05, 0.1) is 6.61 Å². The zero-order valence-electron chi connectivity index (χ0n) is 6.97. The Morgan fingerprint density at radius 1 is 1.31 bits per heavy atom. The molecule has 1 aromatic rings. The van der Waals surface area contributed by atoms with Gasteiger partial charge >= 0.3 is 11.4 Å². The minimum Gasteiger partial charge on any atom is -0.326 e. The number of rotatable bonds is 4. The van der Waals surface area contributed by atoms with Crippen LogP contribution in [0.4, 0.5) is 0 Å². The summed E-state index contributed by atoms with van der Waals surface area (Å²) < 4.78 is 23.0. The van der Waals surface area contributed by atoms with Gasteiger partial charge in [-0.2, -0.15) is 4.21 Å². The zero-order valence-corrected chi connectivity index (χ0v) is 7.79. The maximum Gasteiger partial charge on any atom is 0.302 e. The van der Waals surface area contributed by atoms with E-state index in [4.69, 9.17) is 10.3 Å². The van der Waals surface area contributed by atoms with E-state index in [9.17, 15) is 4.21 Å². The molecule has 1 atom stereocenters. The third-order valence-electron chi connectivity index (χ3n) is 1.59. The molecule has 0 spiro atoms. The van der Waals surface area contributed by atoms with E-state index in [-0.39, 0.29) is 6.61 Å². The van der Waals surface area contributed by atoms with Crippen LogP contribution < -0.4 is 5.73 Å². The van der Waals surface area contributed by atoms with Crippen LogP contribution in [-0.4, -0.2) is 8.76 Å². The van der Waals surface area contributed by atoms with Gasteiger partial charge in [-0.05, 0) is 11.1 Å². The van der Waals surface area contributed by atoms with Crippen LogP contribution in [0.5, 0.6) is 0 Å². The van der Waals surface area contributed by atoms with Crippen LogP contribution >= 0.6 is 0 Å². The second-order valence-corrected chi connectivity index (χ2v) is 3.17. The van der Waals surface area contributed by atoms with Gasteiger partial charge in [0.25, 0.3) is 0 Å². The molecular weight excluding hydrogens is 190 g/mol. The van der Waals surface area contributed by atoms with Gasteiger partial charge in [-0.25, -0.2) is 0 Å². The SMILES string of the molecule is NCc1ccc(COS(=O)O)cc1. The van der Waals surface area contributed by atoms with Crippen molar-refractivity contribution in [3.05, 3.63) is 35.4 Å². The Kier molecular flexibility index (Phi) is 4.04. The molecule has 0 saturated carbocycles. The van der Waals surface area contributed by atoms with E-state index in [0.29, 0.717) is 6.54 Å². The number of benzene rings is 1. The van der Waals surface area contributed by atoms with E-state index in [1.54, 1.807) is 0 Å². The van der Waals surface area contributed by atoms with Gasteiger partial charge < -0.3 is 5.73 Å². The summed E-state index contributed by atoms with van der Waals surface area (Å²) in [7, 11) is 0. The topological polar surface area (TPSA) is 72.5 Å². The van der Waals surface area contributed by atoms with Crippen molar-refractivity contribution in [2.24, 2.45) is 5.73 Å². The molecule has 72 valence electrons. The standard InChI is InChI=1S/C8H11NO3S/c9-5-7-1-3-8(4-2-7)6-12-13(10)11/h1-4H,5-6,9H2,(H,10,11). The Morgan fingerprint density at radius 2 is 1.85 bits per heavy atom. The molecule has 0 amide bonds. The van der Waals surface area contributed by atoms with Crippen LogP contribution in [0.1, 0.15) is 11.1 Å². The van der Waals surface area contributed by atoms with Gasteiger partial charge in [-0.1, -0.05) is 24.3 Å². The first-order valence-corrected chi connectivity index (χ1v) is 4.77. The third-order valence-corrected chi connectivity index (χ3v) is 1.90. The van der Waals surface area contributed by atoms with E-state index >= 15 is 0 Å². The Hall–Kier alpha value is -0.750. The first-order chi connectivity index (χ1) is 6.22. The summed E-state index contributed by atoms with van der Waals surface area (Å²) in [4.78, 5) is 0. The van der Waals surface area contributed by atoms with Crippen molar-refractivity contribution in [2.45, 2.75) is 13.2 Å². The summed E-state index contributed by atoms with van der Waals surface area (Å²) in [5.41, 5.74) is 7.27. The minimum atomic E-state index is -2.20. The molecule has 4 nitrogen and oxygen atoms in total. The summed E-state index contributed by atoms with van der Waals surface area (Å²) in [5.74, 6) is 0. The molecule has 0 bridgehead atoms. The molecule has 3 N–H and O–H groups in total. The van der Waals surface area contributed by atoms with Gasteiger partial charge in [0.2, 0.25) is 0 Å². The van der Waals surface area contributed by atoms with Crippen molar-refractivity contribution in [2.75, 3.05) is 0 Å². The van der Waals surface area contributed by atoms with Crippen molar-refractivity contribution >= 4 is 11.4 Å². The molecule has 0 aliphatic rings. The Balaban J connectivity index is 2.54. The summed E-state index contributed by atoms with van der Waals surface area (Å²) in [5, 5.41) is 0. The highest BCUT2D eigenvalue weighted by molar-refractivity contribution is 7.74. The van der Waals surface area contributed by atoms with Crippen molar-refractivity contribution in [1.29, 1.82) is 0 Å². The van der Waals surface area contributed by atoms with Crippen molar-refractivity contribution in [3.8, 4) is 0 Å². The van der Waals surface area contributed by atoms with Gasteiger partial charge in [0.15, 0.2) is 0 Å². The molecule has 0 saturated heterocycles. The molecule has 0 radical (unpaired) electrons.